The zero-order valence-corrected chi connectivity index (χ0v) is 21.3. The molecule has 196 valence electrons. The quantitative estimate of drug-likeness (QED) is 0.149. The van der Waals surface area contributed by atoms with Crippen molar-refractivity contribution in [1.29, 1.82) is 0 Å². The summed E-state index contributed by atoms with van der Waals surface area (Å²) in [5, 5.41) is 34.2. The molecule has 0 fully saturated rings. The van der Waals surface area contributed by atoms with Crippen molar-refractivity contribution in [1.82, 2.24) is 20.4 Å². The summed E-state index contributed by atoms with van der Waals surface area (Å²) in [4.78, 5) is 8.38. The third-order valence-electron chi connectivity index (χ3n) is 5.36. The third kappa shape index (κ3) is 7.77. The molecule has 6 rings (SSSR count). The van der Waals surface area contributed by atoms with Gasteiger partial charge in [-0.3, -0.25) is 15.2 Å². The largest absolute Gasteiger partial charge is 0.508 e. The smallest absolute Gasteiger partial charge is 0.174 e. The number of aromatic nitrogens is 4. The van der Waals surface area contributed by atoms with Crippen LogP contribution < -0.4 is 0 Å². The van der Waals surface area contributed by atoms with Gasteiger partial charge in [0.25, 0.3) is 0 Å². The minimum atomic E-state index is 0.187. The molecule has 39 heavy (non-hydrogen) atoms. The number of nitrogens with zero attached hydrogens (tertiary/aromatic N) is 4. The summed E-state index contributed by atoms with van der Waals surface area (Å²) in [6.45, 7) is 2.59. The molecular weight excluding hydrogens is 492 g/mol. The summed E-state index contributed by atoms with van der Waals surface area (Å²) in [7, 11) is 0. The van der Waals surface area contributed by atoms with E-state index in [-0.39, 0.29) is 11.5 Å². The van der Waals surface area contributed by atoms with E-state index in [9.17, 15) is 5.11 Å². The topological polar surface area (TPSA) is 132 Å². The fourth-order valence-corrected chi connectivity index (χ4v) is 3.42. The Morgan fingerprint density at radius 1 is 0.769 bits per heavy atom. The van der Waals surface area contributed by atoms with E-state index in [1.165, 1.54) is 6.40 Å². The Morgan fingerprint density at radius 3 is 2.13 bits per heavy atom. The number of para-hydroxylation sites is 2. The predicted molar refractivity (Wildman–Crippen MR) is 155 cm³/mol. The summed E-state index contributed by atoms with van der Waals surface area (Å²) in [5.41, 5.74) is 4.05. The number of fused-ring (bicyclic) bond motifs is 2. The summed E-state index contributed by atoms with van der Waals surface area (Å²) >= 11 is 0. The molecule has 0 atom stereocenters. The predicted octanol–water partition coefficient (Wildman–Crippen LogP) is 6.67. The van der Waals surface area contributed by atoms with Gasteiger partial charge in [-0.25, -0.2) is 4.99 Å². The van der Waals surface area contributed by atoms with Crippen LogP contribution in [0.25, 0.3) is 21.8 Å². The summed E-state index contributed by atoms with van der Waals surface area (Å²) < 4.78 is 4.95. The second-order valence-electron chi connectivity index (χ2n) is 8.09. The minimum Gasteiger partial charge on any atom is -0.508 e. The normalized spacial score (nSPS) is 10.8. The number of ether oxygens (including phenoxy) is 1. The van der Waals surface area contributed by atoms with E-state index in [1.807, 2.05) is 79.7 Å². The number of hydrogen-bond acceptors (Lipinski definition) is 7. The van der Waals surface area contributed by atoms with Crippen molar-refractivity contribution >= 4 is 45.8 Å². The maximum absolute atomic E-state index is 9.87. The van der Waals surface area contributed by atoms with Crippen LogP contribution in [-0.2, 0) is 4.74 Å². The first-order valence-corrected chi connectivity index (χ1v) is 12.2. The summed E-state index contributed by atoms with van der Waals surface area (Å²) in [6, 6.07) is 27.8. The Hall–Kier alpha value is -5.44. The highest BCUT2D eigenvalue weighted by Gasteiger charge is 2.06. The van der Waals surface area contributed by atoms with Crippen LogP contribution in [0.1, 0.15) is 12.5 Å². The van der Waals surface area contributed by atoms with Gasteiger partial charge in [0.15, 0.2) is 6.40 Å². The molecule has 0 spiro atoms. The second-order valence-corrected chi connectivity index (χ2v) is 8.09. The zero-order chi connectivity index (χ0) is 27.3. The van der Waals surface area contributed by atoms with Crippen molar-refractivity contribution in [3.63, 3.8) is 0 Å². The van der Waals surface area contributed by atoms with E-state index in [2.05, 4.69) is 30.4 Å². The fraction of sp³-hybridized carbons (Fsp3) is 0.0667. The van der Waals surface area contributed by atoms with E-state index in [1.54, 1.807) is 36.8 Å². The first kappa shape index (κ1) is 26.6. The van der Waals surface area contributed by atoms with Gasteiger partial charge in [-0.2, -0.15) is 10.2 Å². The SMILES string of the molecule is CCOC=Nc1ccccc1.Oc1ccc2cn[nH]c2c1.Oc1ccc2cn[nH]c2c1C=Nc1ccccc1. The van der Waals surface area contributed by atoms with E-state index in [0.717, 1.165) is 33.2 Å². The molecule has 9 nitrogen and oxygen atoms in total. The molecule has 0 radical (unpaired) electrons. The lowest BCUT2D eigenvalue weighted by Gasteiger charge is -2.00. The molecule has 9 heteroatoms. The first-order valence-electron chi connectivity index (χ1n) is 12.2. The van der Waals surface area contributed by atoms with Gasteiger partial charge in [0, 0.05) is 23.1 Å². The lowest BCUT2D eigenvalue weighted by atomic mass is 10.1. The van der Waals surface area contributed by atoms with Gasteiger partial charge in [0.05, 0.1) is 47.0 Å². The van der Waals surface area contributed by atoms with Crippen LogP contribution in [0.2, 0.25) is 0 Å². The number of benzene rings is 4. The number of aliphatic imine (C=N–C) groups is 2. The fourth-order valence-electron chi connectivity index (χ4n) is 3.42. The monoisotopic (exact) mass is 520 g/mol. The molecule has 4 N–H and O–H groups in total. The Balaban J connectivity index is 0.000000145. The minimum absolute atomic E-state index is 0.187. The molecule has 0 saturated heterocycles. The van der Waals surface area contributed by atoms with Gasteiger partial charge >= 0.3 is 0 Å². The van der Waals surface area contributed by atoms with Crippen molar-refractivity contribution in [2.75, 3.05) is 6.61 Å². The molecule has 0 aliphatic carbocycles. The maximum atomic E-state index is 9.87. The van der Waals surface area contributed by atoms with Crippen molar-refractivity contribution in [3.8, 4) is 11.5 Å². The Labute approximate surface area is 225 Å². The molecular formula is C30H28N6O3. The highest BCUT2D eigenvalue weighted by atomic mass is 16.5. The van der Waals surface area contributed by atoms with Crippen molar-refractivity contribution < 1.29 is 14.9 Å². The number of aromatic amines is 2. The molecule has 6 aromatic rings. The van der Waals surface area contributed by atoms with Crippen LogP contribution in [0.5, 0.6) is 11.5 Å². The molecule has 0 saturated carbocycles. The molecule has 2 aromatic heterocycles. The second kappa shape index (κ2) is 13.8. The Kier molecular flexibility index (Phi) is 9.39. The van der Waals surface area contributed by atoms with E-state index < -0.39 is 0 Å². The molecule has 0 amide bonds. The molecule has 0 aliphatic rings. The number of rotatable bonds is 5. The summed E-state index contributed by atoms with van der Waals surface area (Å²) in [5.74, 6) is 0.447. The van der Waals surface area contributed by atoms with E-state index in [0.29, 0.717) is 12.2 Å². The number of phenols is 2. The van der Waals surface area contributed by atoms with Crippen LogP contribution in [0.15, 0.2) is 113 Å². The van der Waals surface area contributed by atoms with Crippen molar-refractivity contribution in [2.45, 2.75) is 6.92 Å². The van der Waals surface area contributed by atoms with Gasteiger partial charge in [-0.05, 0) is 55.5 Å². The van der Waals surface area contributed by atoms with Gasteiger partial charge in [-0.15, -0.1) is 0 Å². The molecule has 0 unspecified atom stereocenters. The highest BCUT2D eigenvalue weighted by Crippen LogP contribution is 2.24. The third-order valence-corrected chi connectivity index (χ3v) is 5.36. The van der Waals surface area contributed by atoms with Crippen LogP contribution in [0.3, 0.4) is 0 Å². The number of aromatic hydroxyl groups is 2. The lowest BCUT2D eigenvalue weighted by Crippen LogP contribution is -1.85. The van der Waals surface area contributed by atoms with Gasteiger partial charge < -0.3 is 14.9 Å². The number of phenolic OH excluding ortho intramolecular Hbond substituents is 2. The summed E-state index contributed by atoms with van der Waals surface area (Å²) in [6.07, 6.45) is 6.55. The van der Waals surface area contributed by atoms with Crippen LogP contribution in [-0.4, -0.2) is 49.8 Å². The van der Waals surface area contributed by atoms with Crippen LogP contribution in [0, 0.1) is 0 Å². The molecule has 0 aliphatic heterocycles. The van der Waals surface area contributed by atoms with Gasteiger partial charge in [0.1, 0.15) is 11.5 Å². The Morgan fingerprint density at radius 2 is 1.41 bits per heavy atom. The van der Waals surface area contributed by atoms with Crippen LogP contribution in [0.4, 0.5) is 11.4 Å². The molecule has 2 heterocycles. The van der Waals surface area contributed by atoms with Crippen molar-refractivity contribution in [2.24, 2.45) is 9.98 Å². The van der Waals surface area contributed by atoms with E-state index >= 15 is 0 Å². The molecule has 4 aromatic carbocycles. The highest BCUT2D eigenvalue weighted by molar-refractivity contribution is 6.00. The number of nitrogens with one attached hydrogen (secondary N) is 2. The van der Waals surface area contributed by atoms with Gasteiger partial charge in [-0.1, -0.05) is 36.4 Å². The number of H-pyrrole nitrogens is 2. The number of hydrogen-bond donors (Lipinski definition) is 4. The average Bonchev–Trinajstić information content (AvgIpc) is 3.64. The maximum Gasteiger partial charge on any atom is 0.174 e. The molecule has 0 bridgehead atoms. The average molecular weight is 521 g/mol. The van der Waals surface area contributed by atoms with Crippen molar-refractivity contribution in [3.05, 3.63) is 109 Å². The first-order chi connectivity index (χ1) is 19.1. The lowest BCUT2D eigenvalue weighted by molar-refractivity contribution is 0.344. The van der Waals surface area contributed by atoms with E-state index in [4.69, 9.17) is 9.84 Å². The standard InChI is InChI=1S/C14H11N3O.C9H11NO.C7H6N2O/c18-13-7-6-10-8-16-17-14(10)12(13)9-15-11-4-2-1-3-5-11;1-2-11-8-10-9-6-4-3-5-7-9;10-6-2-1-5-4-8-9-7(5)3-6/h1-9,18H,(H,16,17);3-8H,2H2,1H3;1-4,10H,(H,8,9). The van der Waals surface area contributed by atoms with Crippen LogP contribution >= 0.6 is 0 Å². The van der Waals surface area contributed by atoms with Gasteiger partial charge in [0.2, 0.25) is 0 Å². The zero-order valence-electron chi connectivity index (χ0n) is 21.3. The Bertz CT molecular complexity index is 1640.